The Morgan fingerprint density at radius 3 is 2.06 bits per heavy atom. The minimum Gasteiger partial charge on any atom is -0.355 e. The van der Waals surface area contributed by atoms with Gasteiger partial charge in [0.1, 0.15) is 0 Å². The number of rotatable bonds is 5. The Morgan fingerprint density at radius 2 is 1.76 bits per heavy atom. The van der Waals surface area contributed by atoms with Crippen LogP contribution in [-0.2, 0) is 14.8 Å². The zero-order valence-corrected chi connectivity index (χ0v) is 12.1. The van der Waals surface area contributed by atoms with Gasteiger partial charge in [-0.05, 0) is 11.3 Å². The summed E-state index contributed by atoms with van der Waals surface area (Å²) in [6.45, 7) is 10.0. The average Bonchev–Trinajstić information content (AvgIpc) is 1.96. The lowest BCUT2D eigenvalue weighted by molar-refractivity contribution is -0.130. The number of carbonyl (C=O) groups excluding carboxylic acids is 1. The first kappa shape index (κ1) is 16.4. The van der Waals surface area contributed by atoms with Crippen LogP contribution >= 0.6 is 0 Å². The lowest BCUT2D eigenvalue weighted by atomic mass is 9.74. The van der Waals surface area contributed by atoms with Gasteiger partial charge < -0.3 is 5.32 Å². The molecule has 0 aromatic carbocycles. The van der Waals surface area contributed by atoms with Gasteiger partial charge in [-0.1, -0.05) is 34.6 Å². The summed E-state index contributed by atoms with van der Waals surface area (Å²) in [6.07, 6.45) is 0. The lowest BCUT2D eigenvalue weighted by Crippen LogP contribution is -2.42. The molecule has 6 heteroatoms. The summed E-state index contributed by atoms with van der Waals surface area (Å²) in [4.78, 5) is 12.0. The van der Waals surface area contributed by atoms with Crippen molar-refractivity contribution < 1.29 is 13.2 Å². The highest BCUT2D eigenvalue weighted by Gasteiger charge is 2.33. The second kappa shape index (κ2) is 5.82. The van der Waals surface area contributed by atoms with Crippen LogP contribution in [0.4, 0.5) is 0 Å². The number of hydrogen-bond donors (Lipinski definition) is 2. The largest absolute Gasteiger partial charge is 0.355 e. The van der Waals surface area contributed by atoms with Crippen LogP contribution in [0.5, 0.6) is 0 Å². The molecule has 0 rings (SSSR count). The molecule has 1 unspecified atom stereocenters. The topological polar surface area (TPSA) is 89.3 Å². The fourth-order valence-corrected chi connectivity index (χ4v) is 2.51. The van der Waals surface area contributed by atoms with Gasteiger partial charge in [-0.2, -0.15) is 0 Å². The van der Waals surface area contributed by atoms with Gasteiger partial charge in [0, 0.05) is 12.5 Å². The van der Waals surface area contributed by atoms with E-state index in [0.29, 0.717) is 0 Å². The number of carbonyl (C=O) groups is 1. The van der Waals surface area contributed by atoms with Gasteiger partial charge in [0.2, 0.25) is 15.9 Å². The second-order valence-electron chi connectivity index (χ2n) is 5.75. The molecule has 1 atom stereocenters. The standard InChI is InChI=1S/C11H24N2O3S/c1-8(2)9(11(3,4)5)10(14)13-6-7-17(12,15)16/h8-9H,6-7H2,1-5H3,(H,13,14)(H2,12,15,16). The fourth-order valence-electron chi connectivity index (χ4n) is 2.12. The second-order valence-corrected chi connectivity index (χ2v) is 7.48. The lowest BCUT2D eigenvalue weighted by Gasteiger charge is -2.32. The Morgan fingerprint density at radius 1 is 1.29 bits per heavy atom. The molecule has 0 saturated carbocycles. The number of amides is 1. The summed E-state index contributed by atoms with van der Waals surface area (Å²) in [5.74, 6) is -0.295. The maximum Gasteiger partial charge on any atom is 0.223 e. The van der Waals surface area contributed by atoms with Crippen LogP contribution in [0.2, 0.25) is 0 Å². The number of hydrogen-bond acceptors (Lipinski definition) is 3. The third kappa shape index (κ3) is 6.63. The summed E-state index contributed by atoms with van der Waals surface area (Å²) < 4.78 is 21.5. The first-order valence-corrected chi connectivity index (χ1v) is 7.45. The van der Waals surface area contributed by atoms with Crippen molar-refractivity contribution in [3.05, 3.63) is 0 Å². The highest BCUT2D eigenvalue weighted by molar-refractivity contribution is 7.89. The molecule has 0 heterocycles. The van der Waals surface area contributed by atoms with Crippen LogP contribution in [0, 0.1) is 17.3 Å². The van der Waals surface area contributed by atoms with Gasteiger partial charge in [-0.25, -0.2) is 13.6 Å². The summed E-state index contributed by atoms with van der Waals surface area (Å²) in [5.41, 5.74) is -0.153. The van der Waals surface area contributed by atoms with Crippen LogP contribution < -0.4 is 10.5 Å². The van der Waals surface area contributed by atoms with Gasteiger partial charge in [-0.15, -0.1) is 0 Å². The molecule has 0 bridgehead atoms. The molecule has 102 valence electrons. The zero-order chi connectivity index (χ0) is 13.9. The van der Waals surface area contributed by atoms with Gasteiger partial charge in [0.25, 0.3) is 0 Å². The molecule has 0 fully saturated rings. The van der Waals surface area contributed by atoms with Crippen LogP contribution in [0.25, 0.3) is 0 Å². The van der Waals surface area contributed by atoms with Gasteiger partial charge in [-0.3, -0.25) is 4.79 Å². The smallest absolute Gasteiger partial charge is 0.223 e. The molecule has 1 amide bonds. The summed E-state index contributed by atoms with van der Waals surface area (Å²) in [7, 11) is -3.52. The van der Waals surface area contributed by atoms with E-state index < -0.39 is 10.0 Å². The van der Waals surface area contributed by atoms with Gasteiger partial charge in [0.05, 0.1) is 5.75 Å². The molecule has 0 aliphatic heterocycles. The van der Waals surface area contributed by atoms with E-state index in [1.54, 1.807) is 0 Å². The third-order valence-electron chi connectivity index (χ3n) is 2.57. The highest BCUT2D eigenvalue weighted by Crippen LogP contribution is 2.31. The predicted molar refractivity (Wildman–Crippen MR) is 68.8 cm³/mol. The van der Waals surface area contributed by atoms with Crippen LogP contribution in [-0.4, -0.2) is 26.6 Å². The minimum absolute atomic E-state index is 0.0664. The van der Waals surface area contributed by atoms with Crippen LogP contribution in [0.15, 0.2) is 0 Å². The maximum absolute atomic E-state index is 12.0. The Bertz CT molecular complexity index is 355. The molecular formula is C11H24N2O3S. The fraction of sp³-hybridized carbons (Fsp3) is 0.909. The van der Waals surface area contributed by atoms with E-state index in [2.05, 4.69) is 5.32 Å². The number of primary sulfonamides is 1. The van der Waals surface area contributed by atoms with E-state index >= 15 is 0 Å². The molecule has 0 aliphatic rings. The molecule has 0 aromatic rings. The van der Waals surface area contributed by atoms with Crippen molar-refractivity contribution in [3.63, 3.8) is 0 Å². The van der Waals surface area contributed by atoms with Crippen LogP contribution in [0.3, 0.4) is 0 Å². The molecule has 0 aliphatic carbocycles. The van der Waals surface area contributed by atoms with E-state index in [1.807, 2.05) is 34.6 Å². The van der Waals surface area contributed by atoms with Crippen molar-refractivity contribution in [1.29, 1.82) is 0 Å². The maximum atomic E-state index is 12.0. The first-order chi connectivity index (χ1) is 7.45. The highest BCUT2D eigenvalue weighted by atomic mass is 32.2. The van der Waals surface area contributed by atoms with Gasteiger partial charge >= 0.3 is 0 Å². The third-order valence-corrected chi connectivity index (χ3v) is 3.34. The minimum atomic E-state index is -3.52. The van der Waals surface area contributed by atoms with E-state index in [1.165, 1.54) is 0 Å². The molecule has 3 N–H and O–H groups in total. The molecule has 17 heavy (non-hydrogen) atoms. The number of sulfonamides is 1. The number of nitrogens with one attached hydrogen (secondary N) is 1. The molecule has 0 spiro atoms. The normalized spacial score (nSPS) is 14.8. The van der Waals surface area contributed by atoms with E-state index in [4.69, 9.17) is 5.14 Å². The van der Waals surface area contributed by atoms with E-state index in [9.17, 15) is 13.2 Å². The molecule has 0 saturated heterocycles. The van der Waals surface area contributed by atoms with Crippen molar-refractivity contribution >= 4 is 15.9 Å². The van der Waals surface area contributed by atoms with Crippen molar-refractivity contribution in [2.45, 2.75) is 34.6 Å². The predicted octanol–water partition coefficient (Wildman–Crippen LogP) is 0.709. The van der Waals surface area contributed by atoms with Gasteiger partial charge in [0.15, 0.2) is 0 Å². The summed E-state index contributed by atoms with van der Waals surface area (Å²) >= 11 is 0. The number of nitrogens with two attached hydrogens (primary N) is 1. The van der Waals surface area contributed by atoms with E-state index in [0.717, 1.165) is 0 Å². The Hall–Kier alpha value is -0.620. The van der Waals surface area contributed by atoms with E-state index in [-0.39, 0.29) is 35.5 Å². The quantitative estimate of drug-likeness (QED) is 0.766. The summed E-state index contributed by atoms with van der Waals surface area (Å²) in [6, 6.07) is 0. The SMILES string of the molecule is CC(C)C(C(=O)NCCS(N)(=O)=O)C(C)(C)C. The zero-order valence-electron chi connectivity index (χ0n) is 11.3. The summed E-state index contributed by atoms with van der Waals surface area (Å²) in [5, 5.41) is 7.49. The molecule has 0 aromatic heterocycles. The van der Waals surface area contributed by atoms with Crippen LogP contribution in [0.1, 0.15) is 34.6 Å². The molecule has 0 radical (unpaired) electrons. The first-order valence-electron chi connectivity index (χ1n) is 5.73. The average molecular weight is 264 g/mol. The van der Waals surface area contributed by atoms with Crippen molar-refractivity contribution in [1.82, 2.24) is 5.32 Å². The monoisotopic (exact) mass is 264 g/mol. The Labute approximate surface area is 104 Å². The van der Waals surface area contributed by atoms with Crippen molar-refractivity contribution in [3.8, 4) is 0 Å². The molecule has 5 nitrogen and oxygen atoms in total. The Kier molecular flexibility index (Phi) is 5.61. The van der Waals surface area contributed by atoms with Crippen molar-refractivity contribution in [2.24, 2.45) is 22.4 Å². The Balaban J connectivity index is 4.47. The van der Waals surface area contributed by atoms with Crippen molar-refractivity contribution in [2.75, 3.05) is 12.3 Å². The molecular weight excluding hydrogens is 240 g/mol.